The molecule has 16 heterocycles. The van der Waals surface area contributed by atoms with Crippen molar-refractivity contribution in [2.45, 2.75) is 67.2 Å². The van der Waals surface area contributed by atoms with Crippen molar-refractivity contribution in [2.75, 3.05) is 16.0 Å². The summed E-state index contributed by atoms with van der Waals surface area (Å²) in [6, 6.07) is 76.0. The summed E-state index contributed by atoms with van der Waals surface area (Å²) in [4.78, 5) is 97.3. The second-order valence-corrected chi connectivity index (χ2v) is 36.3. The normalized spacial score (nSPS) is 11.4. The third-order valence-electron chi connectivity index (χ3n) is 25.4. The predicted molar refractivity (Wildman–Crippen MR) is 569 cm³/mol. The Morgan fingerprint density at radius 2 is 0.585 bits per heavy atom. The van der Waals surface area contributed by atoms with Crippen LogP contribution >= 0.6 is 0 Å². The number of ketones is 1. The number of nitrogens with zero attached hydrogens (tertiary/aromatic N) is 12. The number of hydrogen-bond acceptors (Lipinski definition) is 16. The van der Waals surface area contributed by atoms with E-state index in [1.54, 1.807) is 124 Å². The van der Waals surface area contributed by atoms with Crippen LogP contribution in [0.2, 0.25) is 0 Å². The molecule has 147 heavy (non-hydrogen) atoms. The highest BCUT2D eigenvalue weighted by Crippen LogP contribution is 2.43. The maximum absolute atomic E-state index is 13.5. The van der Waals surface area contributed by atoms with E-state index < -0.39 is 0 Å². The summed E-state index contributed by atoms with van der Waals surface area (Å²) in [6.45, 7) is 11.4. The van der Waals surface area contributed by atoms with Crippen molar-refractivity contribution in [1.82, 2.24) is 101 Å². The molecule has 27 nitrogen and oxygen atoms in total. The number of pyridine rings is 8. The number of H-pyrrole nitrogens is 8. The molecule has 0 bridgehead atoms. The summed E-state index contributed by atoms with van der Waals surface area (Å²) < 4.78 is 53.9. The van der Waals surface area contributed by atoms with Gasteiger partial charge in [-0.25, -0.2) is 37.5 Å². The van der Waals surface area contributed by atoms with Crippen LogP contribution in [0.25, 0.3) is 222 Å². The average molecular weight is 1950 g/mol. The summed E-state index contributed by atoms with van der Waals surface area (Å²) in [5, 5.41) is 46.3. The lowest BCUT2D eigenvalue weighted by molar-refractivity contribution is -0.119. The molecule has 24 rings (SSSR count). The van der Waals surface area contributed by atoms with Gasteiger partial charge in [-0.2, -0.15) is 20.4 Å². The van der Waals surface area contributed by atoms with E-state index in [-0.39, 0.29) is 58.6 Å². The van der Waals surface area contributed by atoms with Crippen molar-refractivity contribution in [3.05, 3.63) is 346 Å². The molecular formula is C116H91F4N23O4. The van der Waals surface area contributed by atoms with Crippen LogP contribution in [0.5, 0.6) is 0 Å². The maximum atomic E-state index is 13.5. The second kappa shape index (κ2) is 40.8. The number of benzene rings is 8. The van der Waals surface area contributed by atoms with Crippen molar-refractivity contribution in [3.8, 4) is 135 Å². The Morgan fingerprint density at radius 1 is 0.293 bits per heavy atom. The number of anilines is 3. The summed E-state index contributed by atoms with van der Waals surface area (Å²) in [5.41, 5.74) is 30.4. The Morgan fingerprint density at radius 3 is 0.878 bits per heavy atom. The molecule has 8 aromatic carbocycles. The van der Waals surface area contributed by atoms with E-state index in [0.29, 0.717) is 65.3 Å². The fourth-order valence-corrected chi connectivity index (χ4v) is 17.9. The van der Waals surface area contributed by atoms with E-state index in [9.17, 15) is 36.7 Å². The molecule has 16 aromatic heterocycles. The molecule has 24 aromatic rings. The molecule has 0 aliphatic heterocycles. The van der Waals surface area contributed by atoms with Crippen molar-refractivity contribution in [2.24, 2.45) is 11.8 Å². The highest BCUT2D eigenvalue weighted by Gasteiger charge is 2.24. The molecule has 0 saturated heterocycles. The third kappa shape index (κ3) is 20.2. The maximum Gasteiger partial charge on any atom is 0.226 e. The van der Waals surface area contributed by atoms with Crippen molar-refractivity contribution < 1.29 is 36.7 Å². The molecule has 0 saturated carbocycles. The number of halogens is 4. The molecule has 0 unspecified atom stereocenters. The highest BCUT2D eigenvalue weighted by atomic mass is 19.1. The van der Waals surface area contributed by atoms with E-state index in [4.69, 9.17) is 0 Å². The number of aromatic nitrogens is 20. The molecule has 0 fully saturated rings. The number of aromatic amines is 8. The standard InChI is InChI=1S/C30H25FN6O.C29H23FN6O.C29H22FN5O.C28H21FN6O/c1-17(2)10-28(38)34-22-11-19(14-32-16-22)20-12-25-29(36-37-30(25)33-15-20)27-13-24-23(4-3-5-26(24)35-27)18-6-8-21(31)9-7-18;1-16(2)29(37)33-21-10-18(13-31-15-21)19-11-24-27(35-36-28(24)32-14-19)26-12-23-22(4-3-5-25(23)34-26)17-6-8-20(30)9-7-17;1-2-22(36)13-21-11-8-18(15-31-21)19-12-25-28(34-35-29(25)32-16-19)27-14-24-23(4-3-5-26(24)33-27)17-6-9-20(30)10-7-17;1-2-26(36)32-20-10-17(13-30-15-20)18-11-23-27(34-35-28(23)31-14-18)25-12-22-21(4-3-5-24(22)33-25)16-6-8-19(29)9-7-16/h3-9,11-17,35H,10H2,1-2H3,(H,34,38)(H,33,36,37);3-16,34H,1-2H3,(H,33,37)(H,32,35,36);3-12,14-16,33H,2,13H2,1H3,(H,32,34,35);3-15,33H,2H2,1H3,(H,32,36)(H,31,34,35). The monoisotopic (exact) mass is 1950 g/mol. The van der Waals surface area contributed by atoms with Gasteiger partial charge in [0.15, 0.2) is 22.6 Å². The number of nitrogens with one attached hydrogen (secondary N) is 11. The zero-order chi connectivity index (χ0) is 101. The molecule has 31 heteroatoms. The zero-order valence-electron chi connectivity index (χ0n) is 80.0. The number of fused-ring (bicyclic) bond motifs is 8. The number of carbonyl (C=O) groups excluding carboxylic acids is 4. The molecule has 11 N–H and O–H groups in total. The number of carbonyl (C=O) groups is 4. The van der Waals surface area contributed by atoms with E-state index in [2.05, 4.69) is 141 Å². The lowest BCUT2D eigenvalue weighted by atomic mass is 10.0. The first-order valence-electron chi connectivity index (χ1n) is 47.7. The van der Waals surface area contributed by atoms with Crippen LogP contribution in [-0.4, -0.2) is 124 Å². The van der Waals surface area contributed by atoms with Crippen LogP contribution in [0.4, 0.5) is 34.6 Å². The van der Waals surface area contributed by atoms with Crippen molar-refractivity contribution in [1.29, 1.82) is 0 Å². The minimum atomic E-state index is -0.263. The first kappa shape index (κ1) is 94.1. The van der Waals surface area contributed by atoms with Crippen LogP contribution < -0.4 is 16.0 Å². The quantitative estimate of drug-likeness (QED) is 0.0281. The average Bonchev–Trinajstić information content (AvgIpc) is 1.63. The van der Waals surface area contributed by atoms with Crippen LogP contribution in [0.15, 0.2) is 317 Å². The van der Waals surface area contributed by atoms with Crippen molar-refractivity contribution >= 4 is 128 Å². The smallest absolute Gasteiger partial charge is 0.226 e. The number of hydrogen-bond donors (Lipinski definition) is 11. The van der Waals surface area contributed by atoms with Gasteiger partial charge in [0.25, 0.3) is 0 Å². The predicted octanol–water partition coefficient (Wildman–Crippen LogP) is 26.3. The topological polar surface area (TPSA) is 385 Å². The molecule has 0 atom stereocenters. The number of rotatable bonds is 22. The van der Waals surface area contributed by atoms with Gasteiger partial charge in [-0.3, -0.25) is 59.5 Å². The van der Waals surface area contributed by atoms with E-state index in [1.165, 1.54) is 48.5 Å². The minimum absolute atomic E-state index is 0.0385. The fraction of sp³-hybridized carbons (Fsp3) is 0.103. The summed E-state index contributed by atoms with van der Waals surface area (Å²) in [7, 11) is 0. The van der Waals surface area contributed by atoms with Crippen LogP contribution in [0, 0.1) is 35.1 Å². The fourth-order valence-electron chi connectivity index (χ4n) is 17.9. The summed E-state index contributed by atoms with van der Waals surface area (Å²) >= 11 is 0. The Labute approximate surface area is 836 Å². The molecular weight excluding hydrogens is 1860 g/mol. The molecule has 0 aliphatic rings. The number of Topliss-reactive ketones (excluding diaryl/α,β-unsaturated/α-hetero) is 1. The first-order valence-corrected chi connectivity index (χ1v) is 47.7. The summed E-state index contributed by atoms with van der Waals surface area (Å²) in [6.07, 6.45) is 20.6. The van der Waals surface area contributed by atoms with Crippen LogP contribution in [0.3, 0.4) is 0 Å². The van der Waals surface area contributed by atoms with Gasteiger partial charge in [0, 0.05) is 197 Å². The van der Waals surface area contributed by atoms with Crippen LogP contribution in [-0.2, 0) is 25.6 Å². The molecule has 0 spiro atoms. The van der Waals surface area contributed by atoms with Crippen LogP contribution in [0.1, 0.15) is 66.5 Å². The second-order valence-electron chi connectivity index (χ2n) is 36.3. The Hall–Kier alpha value is -19.2. The van der Waals surface area contributed by atoms with Gasteiger partial charge in [0.1, 0.15) is 29.1 Å². The van der Waals surface area contributed by atoms with E-state index in [1.807, 2.05) is 162 Å². The van der Waals surface area contributed by atoms with Crippen molar-refractivity contribution in [3.63, 3.8) is 0 Å². The van der Waals surface area contributed by atoms with Gasteiger partial charge in [-0.05, 0) is 196 Å². The van der Waals surface area contributed by atoms with Gasteiger partial charge in [0.05, 0.1) is 81.2 Å². The molecule has 0 aliphatic carbocycles. The molecule has 0 radical (unpaired) electrons. The van der Waals surface area contributed by atoms with Gasteiger partial charge < -0.3 is 35.9 Å². The largest absolute Gasteiger partial charge is 0.353 e. The number of amides is 3. The Bertz CT molecular complexity index is 9090. The molecule has 722 valence electrons. The van der Waals surface area contributed by atoms with Gasteiger partial charge in [-0.15, -0.1) is 0 Å². The first-order chi connectivity index (χ1) is 71.6. The zero-order valence-corrected chi connectivity index (χ0v) is 80.0. The SMILES string of the molecule is CC(C)C(=O)Nc1cncc(-c2cnc3n[nH]c(-c4cc5c(-c6ccc(F)cc6)cccc5[nH]4)c3c2)c1.CC(C)CC(=O)Nc1cncc(-c2cnc3n[nH]c(-c4cc5c(-c6ccc(F)cc6)cccc5[nH]4)c3c2)c1.CCC(=O)Cc1ccc(-c2cnc3n[nH]c(-c4cc5c(-c6ccc(F)cc6)cccc5[nH]4)c3c2)cn1.CCC(=O)Nc1cncc(-c2cnc3n[nH]c(-c4cc5c(-c6ccc(F)cc6)cccc5[nH]4)c3c2)c1. The lowest BCUT2D eigenvalue weighted by Gasteiger charge is -2.09. The third-order valence-corrected chi connectivity index (χ3v) is 25.4. The van der Waals surface area contributed by atoms with E-state index >= 15 is 0 Å². The minimum Gasteiger partial charge on any atom is -0.353 e. The Kier molecular flexibility index (Phi) is 26.1. The highest BCUT2D eigenvalue weighted by molar-refractivity contribution is 6.07. The summed E-state index contributed by atoms with van der Waals surface area (Å²) in [5.74, 6) is -0.910. The van der Waals surface area contributed by atoms with Gasteiger partial charge in [-0.1, -0.05) is 145 Å². The van der Waals surface area contributed by atoms with Gasteiger partial charge in [0.2, 0.25) is 17.7 Å². The van der Waals surface area contributed by atoms with Gasteiger partial charge >= 0.3 is 0 Å². The molecule has 3 amide bonds. The Balaban J connectivity index is 0.000000115. The lowest BCUT2D eigenvalue weighted by Crippen LogP contribution is -2.17. The van der Waals surface area contributed by atoms with E-state index in [0.717, 1.165) is 205 Å².